The average molecular weight is 447 g/mol. The van der Waals surface area contributed by atoms with Crippen LogP contribution in [0.5, 0.6) is 0 Å². The Labute approximate surface area is 147 Å². The SMILES string of the molecule is C=CC(=O)OCCN(C)C(F)(F)C(F)(F)C(F)(F)C(F)(F)C(F)(F)C(F)(F)F. The molecule has 0 aliphatic heterocycles. The molecule has 0 bridgehead atoms. The van der Waals surface area contributed by atoms with Crippen LogP contribution in [0.1, 0.15) is 0 Å². The molecule has 0 saturated carbocycles. The molecule has 0 aromatic carbocycles. The van der Waals surface area contributed by atoms with Crippen LogP contribution < -0.4 is 0 Å². The van der Waals surface area contributed by atoms with E-state index in [0.29, 0.717) is 6.08 Å². The fourth-order valence-electron chi connectivity index (χ4n) is 1.48. The zero-order chi connectivity index (χ0) is 23.0. The summed E-state index contributed by atoms with van der Waals surface area (Å²) >= 11 is 0. The summed E-state index contributed by atoms with van der Waals surface area (Å²) < 4.78 is 172. The number of likely N-dealkylation sites (N-methyl/N-ethyl adjacent to an activating group) is 1. The van der Waals surface area contributed by atoms with Crippen molar-refractivity contribution < 1.29 is 66.6 Å². The second-order valence-electron chi connectivity index (χ2n) is 5.13. The van der Waals surface area contributed by atoms with E-state index in [1.54, 1.807) is 0 Å². The van der Waals surface area contributed by atoms with Crippen molar-refractivity contribution in [3.63, 3.8) is 0 Å². The van der Waals surface area contributed by atoms with E-state index in [9.17, 15) is 61.9 Å². The second kappa shape index (κ2) is 7.59. The third-order valence-corrected chi connectivity index (χ3v) is 3.23. The topological polar surface area (TPSA) is 29.5 Å². The van der Waals surface area contributed by atoms with Crippen molar-refractivity contribution in [2.24, 2.45) is 0 Å². The predicted octanol–water partition coefficient (Wildman–Crippen LogP) is 4.34. The summed E-state index contributed by atoms with van der Waals surface area (Å²) in [6.07, 6.45) is -6.99. The molecule has 0 N–H and O–H groups in total. The Morgan fingerprint density at radius 1 is 0.821 bits per heavy atom. The number of hydrogen-bond acceptors (Lipinski definition) is 3. The predicted molar refractivity (Wildman–Crippen MR) is 64.6 cm³/mol. The minimum absolute atomic E-state index is 0.0915. The molecule has 3 nitrogen and oxygen atoms in total. The molecule has 0 rings (SSSR count). The number of hydrogen-bond donors (Lipinski definition) is 0. The van der Waals surface area contributed by atoms with Crippen molar-refractivity contribution in [2.45, 2.75) is 35.9 Å². The van der Waals surface area contributed by atoms with E-state index in [4.69, 9.17) is 0 Å². The highest BCUT2D eigenvalue weighted by molar-refractivity contribution is 5.81. The van der Waals surface area contributed by atoms with Crippen LogP contribution >= 0.6 is 0 Å². The lowest BCUT2D eigenvalue weighted by Gasteiger charge is -2.41. The van der Waals surface area contributed by atoms with Crippen LogP contribution in [0.15, 0.2) is 12.7 Å². The molecule has 0 amide bonds. The standard InChI is InChI=1S/C12H10F13NO2/c1-3-6(27)28-5-4-26(2)12(24,25)10(19,20)8(15,16)7(13,14)9(17,18)11(21,22)23/h3H,1,4-5H2,2H3. The first-order chi connectivity index (χ1) is 12.1. The van der Waals surface area contributed by atoms with Crippen LogP contribution in [0.3, 0.4) is 0 Å². The van der Waals surface area contributed by atoms with Gasteiger partial charge in [-0.2, -0.15) is 57.1 Å². The highest BCUT2D eigenvalue weighted by Gasteiger charge is 2.91. The molecule has 0 aliphatic rings. The van der Waals surface area contributed by atoms with Gasteiger partial charge < -0.3 is 4.74 Å². The van der Waals surface area contributed by atoms with Gasteiger partial charge in [0.2, 0.25) is 0 Å². The minimum Gasteiger partial charge on any atom is -0.461 e. The highest BCUT2D eigenvalue weighted by atomic mass is 19.4. The third kappa shape index (κ3) is 4.00. The number of nitrogens with zero attached hydrogens (tertiary/aromatic N) is 1. The second-order valence-corrected chi connectivity index (χ2v) is 5.13. The summed E-state index contributed by atoms with van der Waals surface area (Å²) in [5.41, 5.74) is 0. The van der Waals surface area contributed by atoms with Gasteiger partial charge in [-0.3, -0.25) is 0 Å². The van der Waals surface area contributed by atoms with Gasteiger partial charge >= 0.3 is 41.9 Å². The molecule has 0 atom stereocenters. The highest BCUT2D eigenvalue weighted by Crippen LogP contribution is 2.60. The maximum atomic E-state index is 13.6. The lowest BCUT2D eigenvalue weighted by Crippen LogP contribution is -2.72. The van der Waals surface area contributed by atoms with Gasteiger partial charge in [-0.15, -0.1) is 0 Å². The van der Waals surface area contributed by atoms with Crippen LogP contribution in [0, 0.1) is 0 Å². The molecule has 166 valence electrons. The number of carbonyl (C=O) groups is 1. The van der Waals surface area contributed by atoms with Crippen molar-refractivity contribution in [2.75, 3.05) is 20.2 Å². The van der Waals surface area contributed by atoms with Crippen molar-refractivity contribution in [3.8, 4) is 0 Å². The molecule has 0 unspecified atom stereocenters. The molecule has 0 fully saturated rings. The summed E-state index contributed by atoms with van der Waals surface area (Å²) in [6.45, 7) is 0.118. The Morgan fingerprint density at radius 3 is 1.57 bits per heavy atom. The normalized spacial score (nSPS) is 15.0. The fourth-order valence-corrected chi connectivity index (χ4v) is 1.48. The molecular weight excluding hydrogens is 437 g/mol. The number of halogens is 13. The van der Waals surface area contributed by atoms with Gasteiger partial charge in [0.05, 0.1) is 0 Å². The third-order valence-electron chi connectivity index (χ3n) is 3.23. The first-order valence-electron chi connectivity index (χ1n) is 6.59. The van der Waals surface area contributed by atoms with Gasteiger partial charge in [0.15, 0.2) is 0 Å². The van der Waals surface area contributed by atoms with Crippen LogP contribution in [-0.2, 0) is 9.53 Å². The minimum atomic E-state index is -7.96. The first kappa shape index (κ1) is 26.3. The zero-order valence-corrected chi connectivity index (χ0v) is 13.4. The monoisotopic (exact) mass is 447 g/mol. The molecule has 0 saturated heterocycles. The van der Waals surface area contributed by atoms with E-state index in [1.165, 1.54) is 0 Å². The molecule has 0 heterocycles. The molecular formula is C12H10F13NO2. The Morgan fingerprint density at radius 2 is 1.21 bits per heavy atom. The molecule has 0 radical (unpaired) electrons. The van der Waals surface area contributed by atoms with Crippen LogP contribution in [0.4, 0.5) is 57.1 Å². The van der Waals surface area contributed by atoms with Gasteiger partial charge in [-0.25, -0.2) is 9.69 Å². The molecule has 0 aromatic rings. The molecule has 0 aromatic heterocycles. The number of carbonyl (C=O) groups excluding carboxylic acids is 1. The maximum Gasteiger partial charge on any atom is 0.460 e. The van der Waals surface area contributed by atoms with E-state index in [2.05, 4.69) is 11.3 Å². The molecule has 28 heavy (non-hydrogen) atoms. The van der Waals surface area contributed by atoms with Gasteiger partial charge in [0.25, 0.3) is 0 Å². The van der Waals surface area contributed by atoms with Gasteiger partial charge in [-0.05, 0) is 7.05 Å². The maximum absolute atomic E-state index is 13.6. The van der Waals surface area contributed by atoms with Crippen LogP contribution in [0.2, 0.25) is 0 Å². The number of rotatable bonds is 9. The summed E-state index contributed by atoms with van der Waals surface area (Å²) in [4.78, 5) is 9.53. The van der Waals surface area contributed by atoms with Gasteiger partial charge in [0, 0.05) is 12.6 Å². The number of esters is 1. The van der Waals surface area contributed by atoms with Crippen molar-refractivity contribution in [1.82, 2.24) is 4.90 Å². The Kier molecular flexibility index (Phi) is 7.12. The molecule has 0 aliphatic carbocycles. The van der Waals surface area contributed by atoms with Gasteiger partial charge in [0.1, 0.15) is 6.61 Å². The van der Waals surface area contributed by atoms with E-state index < -0.39 is 59.9 Å². The van der Waals surface area contributed by atoms with E-state index in [0.717, 1.165) is 0 Å². The van der Waals surface area contributed by atoms with Crippen molar-refractivity contribution in [1.29, 1.82) is 0 Å². The van der Waals surface area contributed by atoms with E-state index in [1.807, 2.05) is 0 Å². The molecule has 16 heteroatoms. The number of ether oxygens (including phenoxy) is 1. The van der Waals surface area contributed by atoms with E-state index >= 15 is 0 Å². The Bertz CT molecular complexity index is 585. The van der Waals surface area contributed by atoms with E-state index in [-0.39, 0.29) is 7.05 Å². The van der Waals surface area contributed by atoms with Crippen LogP contribution in [0.25, 0.3) is 0 Å². The summed E-state index contributed by atoms with van der Waals surface area (Å²) in [5.74, 6) is -32.3. The quantitative estimate of drug-likeness (QED) is 0.228. The lowest BCUT2D eigenvalue weighted by molar-refractivity contribution is -0.450. The molecule has 0 spiro atoms. The van der Waals surface area contributed by atoms with Crippen molar-refractivity contribution in [3.05, 3.63) is 12.7 Å². The van der Waals surface area contributed by atoms with Gasteiger partial charge in [-0.1, -0.05) is 6.58 Å². The Hall–Kier alpha value is -1.74. The number of alkyl halides is 13. The largest absolute Gasteiger partial charge is 0.461 e. The van der Waals surface area contributed by atoms with Crippen LogP contribution in [-0.4, -0.2) is 67.0 Å². The smallest absolute Gasteiger partial charge is 0.460 e. The first-order valence-corrected chi connectivity index (χ1v) is 6.59. The summed E-state index contributed by atoms with van der Waals surface area (Å²) in [5, 5.41) is 0. The summed E-state index contributed by atoms with van der Waals surface area (Å²) in [6, 6.07) is -6.37. The summed E-state index contributed by atoms with van der Waals surface area (Å²) in [7, 11) is -0.0915. The zero-order valence-electron chi connectivity index (χ0n) is 13.4. The fraction of sp³-hybridized carbons (Fsp3) is 0.750. The Balaban J connectivity index is 5.91. The average Bonchev–Trinajstić information content (AvgIpc) is 2.52. The van der Waals surface area contributed by atoms with Crippen molar-refractivity contribution >= 4 is 5.97 Å². The lowest BCUT2D eigenvalue weighted by atomic mass is 9.96.